The zero-order valence-electron chi connectivity index (χ0n) is 18.3. The van der Waals surface area contributed by atoms with E-state index in [1.54, 1.807) is 0 Å². The van der Waals surface area contributed by atoms with Gasteiger partial charge in [-0.1, -0.05) is 0 Å². The van der Waals surface area contributed by atoms with Gasteiger partial charge in [0.1, 0.15) is 9.79 Å². The Kier molecular flexibility index (Phi) is 8.52. The molecule has 1 aromatic heterocycles. The second kappa shape index (κ2) is 11.0. The quantitative estimate of drug-likeness (QED) is 0.171. The second-order valence-electron chi connectivity index (χ2n) is 7.73. The Morgan fingerprint density at radius 1 is 1.18 bits per heavy atom. The lowest BCUT2D eigenvalue weighted by Crippen LogP contribution is -2.47. The van der Waals surface area contributed by atoms with E-state index >= 15 is 0 Å². The minimum absolute atomic E-state index is 0.0687. The van der Waals surface area contributed by atoms with E-state index in [1.807, 2.05) is 4.90 Å². The summed E-state index contributed by atoms with van der Waals surface area (Å²) >= 11 is 0. The van der Waals surface area contributed by atoms with Gasteiger partial charge in [0.15, 0.2) is 5.82 Å². The molecule has 1 aliphatic rings. The summed E-state index contributed by atoms with van der Waals surface area (Å²) in [6.07, 6.45) is -0.518. The van der Waals surface area contributed by atoms with Crippen LogP contribution in [0.4, 0.5) is 5.69 Å². The summed E-state index contributed by atoms with van der Waals surface area (Å²) in [5.41, 5.74) is 5.64. The number of tetrazole rings is 1. The molecule has 0 aliphatic carbocycles. The van der Waals surface area contributed by atoms with Crippen LogP contribution in [-0.2, 0) is 20.0 Å². The van der Waals surface area contributed by atoms with Crippen molar-refractivity contribution in [3.8, 4) is 11.4 Å². The van der Waals surface area contributed by atoms with Crippen LogP contribution in [0.3, 0.4) is 0 Å². The Labute approximate surface area is 197 Å². The summed E-state index contributed by atoms with van der Waals surface area (Å²) in [5, 5.41) is 37.5. The van der Waals surface area contributed by atoms with Crippen molar-refractivity contribution in [2.75, 3.05) is 57.3 Å². The molecule has 190 valence electrons. The van der Waals surface area contributed by atoms with Gasteiger partial charge in [0.2, 0.25) is 20.0 Å². The van der Waals surface area contributed by atoms with Crippen molar-refractivity contribution in [3.05, 3.63) is 12.1 Å². The number of aliphatic hydroxyl groups excluding tert-OH is 2. The standard InChI is InChI=1S/C17H29N9O6S2/c18-10-12(28)11-20-34(31,32)14-3-2-13(26-7-5-25(6-8-26)4-1-9-27)15(16(14)33(19,29)30)17-21-23-24-22-17/h2-3,12,20,27-28H,1,4-11,18H2,(H2,19,29,30)(H,21,22,23,24)/t12-/m1/s1. The zero-order chi connectivity index (χ0) is 24.9. The molecule has 3 rings (SSSR count). The first-order chi connectivity index (χ1) is 16.1. The van der Waals surface area contributed by atoms with Crippen LogP contribution in [0.2, 0.25) is 0 Å². The Hall–Kier alpha value is -2.25. The van der Waals surface area contributed by atoms with Gasteiger partial charge in [-0.25, -0.2) is 31.8 Å². The van der Waals surface area contributed by atoms with E-state index in [-0.39, 0.29) is 24.5 Å². The van der Waals surface area contributed by atoms with Crippen LogP contribution in [0.25, 0.3) is 11.4 Å². The molecular formula is C17H29N9O6S2. The number of primary sulfonamides is 1. The fourth-order valence-electron chi connectivity index (χ4n) is 3.68. The first-order valence-electron chi connectivity index (χ1n) is 10.5. The molecule has 0 spiro atoms. The third-order valence-corrected chi connectivity index (χ3v) is 7.97. The van der Waals surface area contributed by atoms with Gasteiger partial charge in [0.05, 0.1) is 11.7 Å². The average molecular weight is 520 g/mol. The SMILES string of the molecule is NC[C@@H](O)CNS(=O)(=O)c1ccc(N2CCN(CCCO)CC2)c(-c2nnn[nH]2)c1S(N)(=O)=O. The number of nitrogens with zero attached hydrogens (tertiary/aromatic N) is 5. The highest BCUT2D eigenvalue weighted by atomic mass is 32.2. The first-order valence-corrected chi connectivity index (χ1v) is 13.5. The third kappa shape index (κ3) is 6.05. The van der Waals surface area contributed by atoms with Crippen LogP contribution >= 0.6 is 0 Å². The molecule has 8 N–H and O–H groups in total. The number of nitrogens with one attached hydrogen (secondary N) is 2. The number of sulfonamides is 2. The predicted molar refractivity (Wildman–Crippen MR) is 122 cm³/mol. The molecular weight excluding hydrogens is 490 g/mol. The molecule has 15 nitrogen and oxygen atoms in total. The topological polar surface area (TPSA) is 234 Å². The summed E-state index contributed by atoms with van der Waals surface area (Å²) < 4.78 is 53.5. The molecule has 2 heterocycles. The Bertz CT molecular complexity index is 1170. The minimum atomic E-state index is -4.59. The minimum Gasteiger partial charge on any atom is -0.396 e. The van der Waals surface area contributed by atoms with Gasteiger partial charge in [-0.2, -0.15) is 0 Å². The number of hydrogen-bond acceptors (Lipinski definition) is 12. The third-order valence-electron chi connectivity index (χ3n) is 5.38. The van der Waals surface area contributed by atoms with Crippen LogP contribution in [0.15, 0.2) is 21.9 Å². The maximum Gasteiger partial charge on any atom is 0.242 e. The van der Waals surface area contributed by atoms with Gasteiger partial charge in [-0.3, -0.25) is 4.90 Å². The number of aromatic amines is 1. The van der Waals surface area contributed by atoms with E-state index in [4.69, 9.17) is 16.0 Å². The Morgan fingerprint density at radius 3 is 2.44 bits per heavy atom. The molecule has 0 saturated carbocycles. The number of piperazine rings is 1. The number of nitrogens with two attached hydrogens (primary N) is 2. The molecule has 0 radical (unpaired) electrons. The molecule has 1 fully saturated rings. The van der Waals surface area contributed by atoms with Gasteiger partial charge >= 0.3 is 0 Å². The fourth-order valence-corrected chi connectivity index (χ4v) is 6.35. The van der Waals surface area contributed by atoms with Crippen molar-refractivity contribution in [3.63, 3.8) is 0 Å². The largest absolute Gasteiger partial charge is 0.396 e. The predicted octanol–water partition coefficient (Wildman–Crippen LogP) is -3.38. The summed E-state index contributed by atoms with van der Waals surface area (Å²) in [4.78, 5) is 2.79. The van der Waals surface area contributed by atoms with Gasteiger partial charge in [-0.05, 0) is 29.0 Å². The smallest absolute Gasteiger partial charge is 0.242 e. The van der Waals surface area contributed by atoms with Gasteiger partial charge in [-0.15, -0.1) is 5.10 Å². The number of rotatable bonds is 11. The Morgan fingerprint density at radius 2 is 1.88 bits per heavy atom. The van der Waals surface area contributed by atoms with Gasteiger partial charge in [0, 0.05) is 58.1 Å². The van der Waals surface area contributed by atoms with E-state index < -0.39 is 42.5 Å². The molecule has 1 saturated heterocycles. The molecule has 1 atom stereocenters. The van der Waals surface area contributed by atoms with Crippen LogP contribution in [-0.4, -0.2) is 111 Å². The van der Waals surface area contributed by atoms with E-state index in [1.165, 1.54) is 6.07 Å². The number of aromatic nitrogens is 4. The summed E-state index contributed by atoms with van der Waals surface area (Å²) in [6.45, 7) is 2.53. The maximum atomic E-state index is 13.0. The van der Waals surface area contributed by atoms with Crippen LogP contribution in [0, 0.1) is 0 Å². The van der Waals surface area contributed by atoms with E-state index in [9.17, 15) is 21.9 Å². The fraction of sp³-hybridized carbons (Fsp3) is 0.588. The summed E-state index contributed by atoms with van der Waals surface area (Å²) in [7, 11) is -9.01. The highest BCUT2D eigenvalue weighted by molar-refractivity contribution is 7.92. The Balaban J connectivity index is 2.09. The molecule has 17 heteroatoms. The van der Waals surface area contributed by atoms with Crippen molar-refractivity contribution in [2.24, 2.45) is 10.9 Å². The van der Waals surface area contributed by atoms with Crippen LogP contribution in [0.1, 0.15) is 6.42 Å². The molecule has 0 bridgehead atoms. The van der Waals surface area contributed by atoms with Crippen molar-refractivity contribution < 1.29 is 27.0 Å². The molecule has 0 amide bonds. The molecule has 34 heavy (non-hydrogen) atoms. The lowest BCUT2D eigenvalue weighted by atomic mass is 10.1. The molecule has 1 aliphatic heterocycles. The average Bonchev–Trinajstić information content (AvgIpc) is 3.34. The van der Waals surface area contributed by atoms with E-state index in [2.05, 4.69) is 30.2 Å². The van der Waals surface area contributed by atoms with Crippen molar-refractivity contribution in [2.45, 2.75) is 22.3 Å². The highest BCUT2D eigenvalue weighted by Gasteiger charge is 2.33. The highest BCUT2D eigenvalue weighted by Crippen LogP contribution is 2.38. The number of benzene rings is 1. The van der Waals surface area contributed by atoms with Crippen LogP contribution < -0.4 is 20.5 Å². The van der Waals surface area contributed by atoms with Crippen molar-refractivity contribution in [1.82, 2.24) is 30.2 Å². The number of H-pyrrole nitrogens is 1. The van der Waals surface area contributed by atoms with Gasteiger partial charge < -0.3 is 20.8 Å². The van der Waals surface area contributed by atoms with Gasteiger partial charge in [0.25, 0.3) is 0 Å². The summed E-state index contributed by atoms with van der Waals surface area (Å²) in [5.74, 6) is -0.0687. The van der Waals surface area contributed by atoms with Crippen molar-refractivity contribution >= 4 is 25.7 Å². The molecule has 1 aromatic carbocycles. The summed E-state index contributed by atoms with van der Waals surface area (Å²) in [6, 6.07) is 2.63. The number of hydrogen-bond donors (Lipinski definition) is 6. The van der Waals surface area contributed by atoms with Crippen molar-refractivity contribution in [1.29, 1.82) is 0 Å². The van der Waals surface area contributed by atoms with Crippen LogP contribution in [0.5, 0.6) is 0 Å². The zero-order valence-corrected chi connectivity index (χ0v) is 20.0. The maximum absolute atomic E-state index is 13.0. The lowest BCUT2D eigenvalue weighted by Gasteiger charge is -2.37. The number of aliphatic hydroxyl groups is 2. The molecule has 0 unspecified atom stereocenters. The van der Waals surface area contributed by atoms with E-state index in [0.717, 1.165) is 12.6 Å². The molecule has 2 aromatic rings. The number of anilines is 1. The second-order valence-corrected chi connectivity index (χ2v) is 11.0. The normalized spacial score (nSPS) is 16.6. The van der Waals surface area contributed by atoms with E-state index in [0.29, 0.717) is 38.3 Å². The first kappa shape index (κ1) is 26.4. The monoisotopic (exact) mass is 519 g/mol. The lowest BCUT2D eigenvalue weighted by molar-refractivity contribution is 0.186.